The molecule has 2 N–H and O–H groups in total. The molecule has 1 unspecified atom stereocenters. The van der Waals surface area contributed by atoms with Crippen LogP contribution in [0.4, 0.5) is 0 Å². The number of aromatic nitrogens is 1. The Bertz CT molecular complexity index is 475. The number of nitrogens with one attached hydrogen (secondary N) is 2. The Morgan fingerprint density at radius 3 is 3.11 bits per heavy atom. The molecule has 5 heteroatoms. The molecule has 1 aliphatic rings. The predicted molar refractivity (Wildman–Crippen MR) is 67.7 cm³/mol. The molecule has 0 radical (unpaired) electrons. The van der Waals surface area contributed by atoms with E-state index in [0.717, 1.165) is 31.6 Å². The second-order valence-electron chi connectivity index (χ2n) is 4.57. The first-order valence-electron chi connectivity index (χ1n) is 6.26. The van der Waals surface area contributed by atoms with Crippen molar-refractivity contribution in [3.8, 4) is 0 Å². The molecule has 98 valence electrons. The first-order valence-corrected chi connectivity index (χ1v) is 6.26. The number of hydrogen-bond donors (Lipinski definition) is 2. The van der Waals surface area contributed by atoms with Crippen molar-refractivity contribution in [1.29, 1.82) is 0 Å². The van der Waals surface area contributed by atoms with Gasteiger partial charge in [0.05, 0.1) is 6.10 Å². The zero-order chi connectivity index (χ0) is 13.0. The fraction of sp³-hybridized carbons (Fsp3) is 0.538. The van der Waals surface area contributed by atoms with Crippen LogP contribution in [-0.2, 0) is 4.74 Å². The second-order valence-corrected chi connectivity index (χ2v) is 4.57. The van der Waals surface area contributed by atoms with Crippen LogP contribution in [0.25, 0.3) is 0 Å². The summed E-state index contributed by atoms with van der Waals surface area (Å²) in [6.45, 7) is 3.13. The van der Waals surface area contributed by atoms with Gasteiger partial charge in [0, 0.05) is 31.1 Å². The van der Waals surface area contributed by atoms with Crippen molar-refractivity contribution in [1.82, 2.24) is 10.3 Å². The van der Waals surface area contributed by atoms with Crippen molar-refractivity contribution in [2.45, 2.75) is 32.3 Å². The number of aryl methyl sites for hydroxylation is 1. The van der Waals surface area contributed by atoms with Crippen LogP contribution < -0.4 is 10.7 Å². The van der Waals surface area contributed by atoms with E-state index < -0.39 is 0 Å². The van der Waals surface area contributed by atoms with E-state index in [1.165, 1.54) is 12.3 Å². The maximum absolute atomic E-state index is 11.8. The van der Waals surface area contributed by atoms with Gasteiger partial charge in [0.15, 0.2) is 5.43 Å². The summed E-state index contributed by atoms with van der Waals surface area (Å²) in [4.78, 5) is 26.2. The molecule has 1 amide bonds. The molecular formula is C13H18N2O3. The number of rotatable bonds is 4. The highest BCUT2D eigenvalue weighted by atomic mass is 16.5. The monoisotopic (exact) mass is 250 g/mol. The lowest BCUT2D eigenvalue weighted by Crippen LogP contribution is -2.31. The summed E-state index contributed by atoms with van der Waals surface area (Å²) >= 11 is 0. The van der Waals surface area contributed by atoms with E-state index in [4.69, 9.17) is 4.74 Å². The summed E-state index contributed by atoms with van der Waals surface area (Å²) in [5.74, 6) is -0.325. The summed E-state index contributed by atoms with van der Waals surface area (Å²) in [5, 5.41) is 2.75. The summed E-state index contributed by atoms with van der Waals surface area (Å²) in [6, 6.07) is 1.43. The van der Waals surface area contributed by atoms with Crippen LogP contribution in [0, 0.1) is 6.92 Å². The topological polar surface area (TPSA) is 71.2 Å². The van der Waals surface area contributed by atoms with E-state index in [1.807, 2.05) is 0 Å². The Balaban J connectivity index is 1.85. The van der Waals surface area contributed by atoms with Crippen LogP contribution in [0.5, 0.6) is 0 Å². The molecule has 0 bridgehead atoms. The third-order valence-electron chi connectivity index (χ3n) is 3.08. The largest absolute Gasteiger partial charge is 0.378 e. The molecule has 0 aliphatic carbocycles. The van der Waals surface area contributed by atoms with Crippen LogP contribution in [0.2, 0.25) is 0 Å². The van der Waals surface area contributed by atoms with Crippen LogP contribution >= 0.6 is 0 Å². The average Bonchev–Trinajstić information content (AvgIpc) is 2.81. The molecule has 1 atom stereocenters. The van der Waals surface area contributed by atoms with Gasteiger partial charge in [0.1, 0.15) is 5.56 Å². The van der Waals surface area contributed by atoms with Crippen molar-refractivity contribution in [3.63, 3.8) is 0 Å². The number of H-pyrrole nitrogens is 1. The Morgan fingerprint density at radius 2 is 2.44 bits per heavy atom. The highest BCUT2D eigenvalue weighted by Gasteiger charge is 2.16. The molecule has 0 aromatic carbocycles. The number of pyridine rings is 1. The SMILES string of the molecule is Cc1cc(=O)c(C(=O)NCCC2CCCO2)c[nH]1. The highest BCUT2D eigenvalue weighted by Crippen LogP contribution is 2.14. The highest BCUT2D eigenvalue weighted by molar-refractivity contribution is 5.93. The van der Waals surface area contributed by atoms with E-state index >= 15 is 0 Å². The van der Waals surface area contributed by atoms with Crippen molar-refractivity contribution in [2.24, 2.45) is 0 Å². The molecular weight excluding hydrogens is 232 g/mol. The van der Waals surface area contributed by atoms with Gasteiger partial charge in [-0.1, -0.05) is 0 Å². The summed E-state index contributed by atoms with van der Waals surface area (Å²) in [6.07, 6.45) is 4.66. The van der Waals surface area contributed by atoms with E-state index in [9.17, 15) is 9.59 Å². The zero-order valence-electron chi connectivity index (χ0n) is 10.5. The lowest BCUT2D eigenvalue weighted by atomic mass is 10.2. The lowest BCUT2D eigenvalue weighted by Gasteiger charge is -2.09. The number of carbonyl (C=O) groups excluding carboxylic acids is 1. The van der Waals surface area contributed by atoms with Gasteiger partial charge < -0.3 is 15.0 Å². The van der Waals surface area contributed by atoms with Crippen molar-refractivity contribution in [2.75, 3.05) is 13.2 Å². The maximum Gasteiger partial charge on any atom is 0.256 e. The van der Waals surface area contributed by atoms with E-state index in [-0.39, 0.29) is 23.0 Å². The Hall–Kier alpha value is -1.62. The summed E-state index contributed by atoms with van der Waals surface area (Å²) < 4.78 is 5.46. The normalized spacial score (nSPS) is 18.8. The first-order chi connectivity index (χ1) is 8.66. The molecule has 18 heavy (non-hydrogen) atoms. The molecule has 0 spiro atoms. The molecule has 2 heterocycles. The third kappa shape index (κ3) is 3.20. The van der Waals surface area contributed by atoms with Gasteiger partial charge >= 0.3 is 0 Å². The first kappa shape index (κ1) is 12.8. The zero-order valence-corrected chi connectivity index (χ0v) is 10.5. The third-order valence-corrected chi connectivity index (χ3v) is 3.08. The quantitative estimate of drug-likeness (QED) is 0.837. The number of hydrogen-bond acceptors (Lipinski definition) is 3. The van der Waals surface area contributed by atoms with Gasteiger partial charge in [-0.2, -0.15) is 0 Å². The molecule has 0 saturated carbocycles. The lowest BCUT2D eigenvalue weighted by molar-refractivity contribution is 0.0906. The smallest absolute Gasteiger partial charge is 0.256 e. The van der Waals surface area contributed by atoms with Crippen LogP contribution in [-0.4, -0.2) is 30.1 Å². The Morgan fingerprint density at radius 1 is 1.61 bits per heavy atom. The molecule has 1 aliphatic heterocycles. The second kappa shape index (κ2) is 5.82. The van der Waals surface area contributed by atoms with Gasteiger partial charge in [0.25, 0.3) is 5.91 Å². The number of carbonyl (C=O) groups is 1. The van der Waals surface area contributed by atoms with Crippen molar-refractivity contribution < 1.29 is 9.53 Å². The van der Waals surface area contributed by atoms with Gasteiger partial charge in [-0.3, -0.25) is 9.59 Å². The van der Waals surface area contributed by atoms with E-state index in [0.29, 0.717) is 6.54 Å². The predicted octanol–water partition coefficient (Wildman–Crippen LogP) is 0.982. The molecule has 5 nitrogen and oxygen atoms in total. The fourth-order valence-corrected chi connectivity index (χ4v) is 2.06. The van der Waals surface area contributed by atoms with Gasteiger partial charge in [-0.15, -0.1) is 0 Å². The van der Waals surface area contributed by atoms with Gasteiger partial charge in [0.2, 0.25) is 0 Å². The number of amides is 1. The van der Waals surface area contributed by atoms with Crippen molar-refractivity contribution >= 4 is 5.91 Å². The number of ether oxygens (including phenoxy) is 1. The van der Waals surface area contributed by atoms with Crippen LogP contribution in [0.1, 0.15) is 35.3 Å². The van der Waals surface area contributed by atoms with Crippen LogP contribution in [0.15, 0.2) is 17.1 Å². The summed E-state index contributed by atoms with van der Waals surface area (Å²) in [5.41, 5.74) is 0.657. The van der Waals surface area contributed by atoms with E-state index in [1.54, 1.807) is 6.92 Å². The fourth-order valence-electron chi connectivity index (χ4n) is 2.06. The van der Waals surface area contributed by atoms with Gasteiger partial charge in [-0.05, 0) is 26.2 Å². The Labute approximate surface area is 106 Å². The molecule has 1 fully saturated rings. The van der Waals surface area contributed by atoms with Crippen LogP contribution in [0.3, 0.4) is 0 Å². The molecule has 1 saturated heterocycles. The molecule has 2 rings (SSSR count). The average molecular weight is 250 g/mol. The Kier molecular flexibility index (Phi) is 4.15. The molecule has 1 aromatic heterocycles. The maximum atomic E-state index is 11.8. The van der Waals surface area contributed by atoms with Crippen molar-refractivity contribution in [3.05, 3.63) is 33.7 Å². The summed E-state index contributed by atoms with van der Waals surface area (Å²) in [7, 11) is 0. The minimum absolute atomic E-state index is 0.160. The van der Waals surface area contributed by atoms with E-state index in [2.05, 4.69) is 10.3 Å². The number of aromatic amines is 1. The minimum Gasteiger partial charge on any atom is -0.378 e. The minimum atomic E-state index is -0.325. The standard InChI is InChI=1S/C13H18N2O3/c1-9-7-12(16)11(8-15-9)13(17)14-5-4-10-3-2-6-18-10/h7-8,10H,2-6H2,1H3,(H,14,17)(H,15,16). The van der Waals surface area contributed by atoms with Gasteiger partial charge in [-0.25, -0.2) is 0 Å². The molecule has 1 aromatic rings.